The van der Waals surface area contributed by atoms with E-state index in [4.69, 9.17) is 18.9 Å². The summed E-state index contributed by atoms with van der Waals surface area (Å²) in [5.74, 6) is -2.71. The molecule has 0 aliphatic carbocycles. The third-order valence-electron chi connectivity index (χ3n) is 4.13. The van der Waals surface area contributed by atoms with Crippen LogP contribution < -0.4 is 14.2 Å². The van der Waals surface area contributed by atoms with Crippen LogP contribution in [0.2, 0.25) is 0 Å². The zero-order chi connectivity index (χ0) is 16.9. The molecule has 2 aliphatic rings. The normalized spacial score (nSPS) is 24.4. The van der Waals surface area contributed by atoms with Crippen molar-refractivity contribution in [3.63, 3.8) is 0 Å². The van der Waals surface area contributed by atoms with Gasteiger partial charge in [-0.2, -0.15) is 0 Å². The van der Waals surface area contributed by atoms with E-state index in [0.29, 0.717) is 5.56 Å². The first-order valence-electron chi connectivity index (χ1n) is 7.25. The van der Waals surface area contributed by atoms with Crippen molar-refractivity contribution in [1.29, 1.82) is 0 Å². The van der Waals surface area contributed by atoms with Gasteiger partial charge < -0.3 is 29.2 Å². The fourth-order valence-electron chi connectivity index (χ4n) is 3.00. The van der Waals surface area contributed by atoms with Gasteiger partial charge in [-0.1, -0.05) is 30.3 Å². The van der Waals surface area contributed by atoms with E-state index in [1.54, 1.807) is 30.3 Å². The summed E-state index contributed by atoms with van der Waals surface area (Å²) in [4.78, 5) is 12.8. The van der Waals surface area contributed by atoms with Crippen LogP contribution in [0.25, 0.3) is 0 Å². The van der Waals surface area contributed by atoms with E-state index in [1.807, 2.05) is 0 Å². The first kappa shape index (κ1) is 14.8. The van der Waals surface area contributed by atoms with Gasteiger partial charge in [0.2, 0.25) is 18.3 Å². The van der Waals surface area contributed by atoms with E-state index in [9.17, 15) is 15.0 Å². The van der Waals surface area contributed by atoms with Crippen LogP contribution in [0.3, 0.4) is 0 Å². The Morgan fingerprint density at radius 1 is 1.21 bits per heavy atom. The molecule has 2 unspecified atom stereocenters. The second-order valence-electron chi connectivity index (χ2n) is 5.48. The second-order valence-corrected chi connectivity index (χ2v) is 5.48. The molecular formula is C17H14O7. The molecule has 0 fully saturated rings. The van der Waals surface area contributed by atoms with Crippen LogP contribution >= 0.6 is 0 Å². The lowest BCUT2D eigenvalue weighted by molar-refractivity contribution is -0.211. The predicted molar refractivity (Wildman–Crippen MR) is 80.3 cm³/mol. The number of carbonyl (C=O) groups is 1. The minimum Gasteiger partial charge on any atom is -0.504 e. The molecule has 4 rings (SSSR count). The Labute approximate surface area is 137 Å². The number of rotatable bonds is 2. The summed E-state index contributed by atoms with van der Waals surface area (Å²) in [6.45, 7) is -0.0728. The molecule has 24 heavy (non-hydrogen) atoms. The second kappa shape index (κ2) is 5.12. The van der Waals surface area contributed by atoms with Crippen LogP contribution in [0.1, 0.15) is 15.9 Å². The average Bonchev–Trinajstić information content (AvgIpc) is 3.04. The van der Waals surface area contributed by atoms with Gasteiger partial charge >= 0.3 is 0 Å². The van der Waals surface area contributed by atoms with Crippen LogP contribution in [-0.4, -0.2) is 36.0 Å². The Morgan fingerprint density at radius 3 is 2.67 bits per heavy atom. The highest BCUT2D eigenvalue weighted by atomic mass is 16.7. The van der Waals surface area contributed by atoms with Gasteiger partial charge in [0.1, 0.15) is 11.3 Å². The Balaban J connectivity index is 1.91. The average molecular weight is 330 g/mol. The monoisotopic (exact) mass is 330 g/mol. The van der Waals surface area contributed by atoms with Crippen molar-refractivity contribution >= 4 is 5.78 Å². The van der Waals surface area contributed by atoms with Gasteiger partial charge in [-0.25, -0.2) is 0 Å². The smallest absolute Gasteiger partial charge is 0.269 e. The molecule has 0 amide bonds. The number of hydrogen-bond acceptors (Lipinski definition) is 7. The molecule has 0 saturated heterocycles. The highest BCUT2D eigenvalue weighted by Crippen LogP contribution is 2.51. The van der Waals surface area contributed by atoms with Crippen LogP contribution in [-0.2, 0) is 10.5 Å². The third-order valence-corrected chi connectivity index (χ3v) is 4.13. The lowest BCUT2D eigenvalue weighted by Crippen LogP contribution is -2.53. The molecule has 0 radical (unpaired) electrons. The molecule has 7 nitrogen and oxygen atoms in total. The number of aromatic hydroxyl groups is 1. The summed E-state index contributed by atoms with van der Waals surface area (Å²) in [5, 5.41) is 21.4. The molecular weight excluding hydrogens is 316 g/mol. The molecule has 2 aliphatic heterocycles. The van der Waals surface area contributed by atoms with Gasteiger partial charge in [0.05, 0.1) is 0 Å². The summed E-state index contributed by atoms with van der Waals surface area (Å²) in [5.41, 5.74) is 0.250. The fraction of sp³-hybridized carbons (Fsp3) is 0.235. The number of fused-ring (bicyclic) bond motifs is 2. The van der Waals surface area contributed by atoms with E-state index in [0.717, 1.165) is 0 Å². The van der Waals surface area contributed by atoms with Crippen molar-refractivity contribution in [2.24, 2.45) is 0 Å². The lowest BCUT2D eigenvalue weighted by Gasteiger charge is -2.39. The SMILES string of the molecule is COC1C(=O)c2c(cc3c(c2O)OCO3)OC1(O)c1ccccc1. The Bertz CT molecular complexity index is 817. The highest BCUT2D eigenvalue weighted by molar-refractivity contribution is 6.07. The number of carbonyl (C=O) groups excluding carboxylic acids is 1. The summed E-state index contributed by atoms with van der Waals surface area (Å²) < 4.78 is 21.3. The highest BCUT2D eigenvalue weighted by Gasteiger charge is 2.52. The Hall–Kier alpha value is -2.77. The topological polar surface area (TPSA) is 94.5 Å². The van der Waals surface area contributed by atoms with Crippen molar-refractivity contribution in [3.05, 3.63) is 47.5 Å². The summed E-state index contributed by atoms with van der Waals surface area (Å²) in [7, 11) is 1.29. The molecule has 124 valence electrons. The number of phenolic OH excluding ortho intramolecular Hbond substituents is 1. The standard InChI is InChI=1S/C17H14O7/c1-21-16-14(19)12-10(7-11-15(13(12)18)23-8-22-11)24-17(16,20)9-5-3-2-4-6-9/h2-7,16,18,20H,8H2,1H3. The molecule has 0 saturated carbocycles. The van der Waals surface area contributed by atoms with E-state index in [2.05, 4.69) is 0 Å². The minimum atomic E-state index is -2.03. The van der Waals surface area contributed by atoms with Gasteiger partial charge in [0, 0.05) is 18.7 Å². The zero-order valence-corrected chi connectivity index (χ0v) is 12.7. The third kappa shape index (κ3) is 1.88. The molecule has 0 bridgehead atoms. The first-order chi connectivity index (χ1) is 11.6. The predicted octanol–water partition coefficient (Wildman–Crippen LogP) is 1.56. The van der Waals surface area contributed by atoms with Crippen LogP contribution in [0, 0.1) is 0 Å². The van der Waals surface area contributed by atoms with Crippen LogP contribution in [0.15, 0.2) is 36.4 Å². The van der Waals surface area contributed by atoms with Crippen molar-refractivity contribution in [2.75, 3.05) is 13.9 Å². The largest absolute Gasteiger partial charge is 0.504 e. The molecule has 2 aromatic rings. The van der Waals surface area contributed by atoms with Gasteiger partial charge in [-0.15, -0.1) is 0 Å². The quantitative estimate of drug-likeness (QED) is 0.863. The van der Waals surface area contributed by atoms with E-state index < -0.39 is 17.7 Å². The van der Waals surface area contributed by atoms with Crippen molar-refractivity contribution in [3.8, 4) is 23.0 Å². The molecule has 0 aromatic heterocycles. The lowest BCUT2D eigenvalue weighted by atomic mass is 9.89. The van der Waals surface area contributed by atoms with E-state index in [-0.39, 0.29) is 35.4 Å². The minimum absolute atomic E-state index is 0.00130. The number of Topliss-reactive ketones (excluding diaryl/α,β-unsaturated/α-hetero) is 1. The zero-order valence-electron chi connectivity index (χ0n) is 12.7. The molecule has 0 spiro atoms. The Morgan fingerprint density at radius 2 is 1.96 bits per heavy atom. The maximum Gasteiger partial charge on any atom is 0.269 e. The maximum atomic E-state index is 12.8. The van der Waals surface area contributed by atoms with Crippen LogP contribution in [0.5, 0.6) is 23.0 Å². The van der Waals surface area contributed by atoms with E-state index >= 15 is 0 Å². The number of ether oxygens (including phenoxy) is 4. The maximum absolute atomic E-state index is 12.8. The summed E-state index contributed by atoms with van der Waals surface area (Å²) in [6.07, 6.45) is -1.35. The number of aliphatic hydroxyl groups is 1. The molecule has 7 heteroatoms. The van der Waals surface area contributed by atoms with Gasteiger partial charge in [0.25, 0.3) is 5.79 Å². The van der Waals surface area contributed by atoms with Crippen molar-refractivity contribution < 1.29 is 34.0 Å². The van der Waals surface area contributed by atoms with Crippen molar-refractivity contribution in [1.82, 2.24) is 0 Å². The molecule has 2 N–H and O–H groups in total. The fourth-order valence-corrected chi connectivity index (χ4v) is 3.00. The first-order valence-corrected chi connectivity index (χ1v) is 7.25. The molecule has 2 atom stereocenters. The molecule has 2 heterocycles. The van der Waals surface area contributed by atoms with E-state index in [1.165, 1.54) is 13.2 Å². The van der Waals surface area contributed by atoms with Gasteiger partial charge in [0.15, 0.2) is 17.6 Å². The number of phenols is 1. The number of ketones is 1. The van der Waals surface area contributed by atoms with Gasteiger partial charge in [-0.3, -0.25) is 4.79 Å². The van der Waals surface area contributed by atoms with Crippen molar-refractivity contribution in [2.45, 2.75) is 11.9 Å². The summed E-state index contributed by atoms with van der Waals surface area (Å²) >= 11 is 0. The summed E-state index contributed by atoms with van der Waals surface area (Å²) in [6, 6.07) is 9.85. The molecule has 2 aromatic carbocycles. The number of hydrogen-bond donors (Lipinski definition) is 2. The number of methoxy groups -OCH3 is 1. The van der Waals surface area contributed by atoms with Crippen LogP contribution in [0.4, 0.5) is 0 Å². The van der Waals surface area contributed by atoms with Gasteiger partial charge in [-0.05, 0) is 0 Å². The Kier molecular flexibility index (Phi) is 3.16. The number of benzene rings is 2.